The van der Waals surface area contributed by atoms with Gasteiger partial charge in [-0.3, -0.25) is 14.5 Å². The zero-order chi connectivity index (χ0) is 25.1. The summed E-state index contributed by atoms with van der Waals surface area (Å²) in [6.07, 6.45) is -4.58. The van der Waals surface area contributed by atoms with Crippen LogP contribution in [0.15, 0.2) is 41.2 Å². The highest BCUT2D eigenvalue weighted by Gasteiger charge is 2.39. The van der Waals surface area contributed by atoms with Crippen LogP contribution in [0.25, 0.3) is 0 Å². The number of nitrogens with one attached hydrogen (secondary N) is 2. The molecule has 1 aromatic heterocycles. The third kappa shape index (κ3) is 3.94. The molecule has 2 aromatic carbocycles. The summed E-state index contributed by atoms with van der Waals surface area (Å²) in [5, 5.41) is 2.29. The number of hydrogen-bond acceptors (Lipinski definition) is 4. The molecule has 0 aliphatic carbocycles. The Morgan fingerprint density at radius 3 is 2.43 bits per heavy atom. The van der Waals surface area contributed by atoms with Gasteiger partial charge in [-0.05, 0) is 30.3 Å². The Morgan fingerprint density at radius 1 is 0.943 bits per heavy atom. The number of rotatable bonds is 0. The van der Waals surface area contributed by atoms with E-state index in [1.807, 2.05) is 0 Å². The molecule has 2 aliphatic rings. The van der Waals surface area contributed by atoms with Gasteiger partial charge in [0, 0.05) is 36.8 Å². The molecule has 2 N–H and O–H groups in total. The predicted molar refractivity (Wildman–Crippen MR) is 119 cm³/mol. The van der Waals surface area contributed by atoms with Crippen LogP contribution >= 0.6 is 11.6 Å². The van der Waals surface area contributed by atoms with E-state index >= 15 is 0 Å². The molecule has 0 fully saturated rings. The zero-order valence-electron chi connectivity index (χ0n) is 17.8. The van der Waals surface area contributed by atoms with Crippen LogP contribution in [-0.4, -0.2) is 24.1 Å². The number of carbonyl (C=O) groups is 1. The van der Waals surface area contributed by atoms with Crippen molar-refractivity contribution in [2.45, 2.75) is 19.1 Å². The molecule has 1 amide bonds. The van der Waals surface area contributed by atoms with Crippen molar-refractivity contribution in [1.29, 1.82) is 0 Å². The predicted octanol–water partition coefficient (Wildman–Crippen LogP) is 4.73. The zero-order valence-corrected chi connectivity index (χ0v) is 18.5. The topological polar surface area (TPSA) is 68.4 Å². The number of alkyl halides is 3. The highest BCUT2D eigenvalue weighted by molar-refractivity contribution is 6.32. The summed E-state index contributed by atoms with van der Waals surface area (Å²) in [6, 6.07) is 6.44. The maximum atomic E-state index is 14.9. The van der Waals surface area contributed by atoms with Crippen LogP contribution in [-0.2, 0) is 19.1 Å². The lowest BCUT2D eigenvalue weighted by molar-refractivity contribution is -0.137. The fourth-order valence-corrected chi connectivity index (χ4v) is 4.65. The Morgan fingerprint density at radius 2 is 1.69 bits per heavy atom. The molecule has 12 heteroatoms. The normalized spacial score (nSPS) is 15.8. The number of aromatic nitrogens is 1. The summed E-state index contributed by atoms with van der Waals surface area (Å²) in [6.45, 7) is -0.228. The number of nitrogens with zero attached hydrogens (tertiary/aromatic N) is 2. The molecule has 3 heterocycles. The first-order valence-electron chi connectivity index (χ1n) is 10.5. The number of fused-ring (bicyclic) bond motifs is 8. The Bertz CT molecular complexity index is 1420. The van der Waals surface area contributed by atoms with Crippen molar-refractivity contribution >= 4 is 34.6 Å². The number of halogens is 6. The molecular weight excluding hydrogens is 495 g/mol. The van der Waals surface area contributed by atoms with Crippen molar-refractivity contribution < 1.29 is 26.7 Å². The maximum Gasteiger partial charge on any atom is 0.417 e. The molecule has 0 spiro atoms. The second-order valence-electron chi connectivity index (χ2n) is 8.12. The second kappa shape index (κ2) is 8.35. The minimum Gasteiger partial charge on any atom is -0.324 e. The van der Waals surface area contributed by atoms with Gasteiger partial charge in [0.25, 0.3) is 5.91 Å². The van der Waals surface area contributed by atoms with E-state index in [1.54, 1.807) is 0 Å². The van der Waals surface area contributed by atoms with Crippen LogP contribution in [0, 0.1) is 11.6 Å². The average molecular weight is 511 g/mol. The monoisotopic (exact) mass is 510 g/mol. The van der Waals surface area contributed by atoms with Gasteiger partial charge in [-0.15, -0.1) is 0 Å². The van der Waals surface area contributed by atoms with Crippen LogP contribution in [0.4, 0.5) is 39.0 Å². The molecule has 0 saturated carbocycles. The molecule has 2 aliphatic heterocycles. The lowest BCUT2D eigenvalue weighted by Gasteiger charge is -2.39. The van der Waals surface area contributed by atoms with Crippen molar-refractivity contribution in [3.8, 4) is 0 Å². The summed E-state index contributed by atoms with van der Waals surface area (Å²) in [5.74, 6) is -2.93. The first-order valence-corrected chi connectivity index (χ1v) is 10.8. The molecule has 0 unspecified atom stereocenters. The number of carbonyl (C=O) groups excluding carboxylic acids is 1. The van der Waals surface area contributed by atoms with Crippen LogP contribution in [0.3, 0.4) is 0 Å². The Labute approximate surface area is 199 Å². The third-order valence-electron chi connectivity index (χ3n) is 6.02. The molecule has 0 radical (unpaired) electrons. The van der Waals surface area contributed by atoms with E-state index in [4.69, 9.17) is 11.6 Å². The maximum absolute atomic E-state index is 14.9. The Kier molecular flexibility index (Phi) is 5.56. The van der Waals surface area contributed by atoms with E-state index in [1.165, 1.54) is 28.0 Å². The average Bonchev–Trinajstić information content (AvgIpc) is 2.81. The summed E-state index contributed by atoms with van der Waals surface area (Å²) < 4.78 is 70.0. The minimum atomic E-state index is -4.81. The standard InChI is InChI=1S/C23H16ClF5N4O2/c24-14-7-11-19(8-13(14)23(27,28)29)32-10-33(22(11)35)18-3-4-20(34)31-16(18)5-6-30-9-12-17(32)2-1-15(25)21(12)26/h1-4,7-8,30H,5-6,9-10H2,(H,31,34). The van der Waals surface area contributed by atoms with E-state index in [2.05, 4.69) is 10.3 Å². The lowest BCUT2D eigenvalue weighted by Crippen LogP contribution is -2.46. The van der Waals surface area contributed by atoms with Crippen LogP contribution < -0.4 is 20.7 Å². The third-order valence-corrected chi connectivity index (χ3v) is 6.34. The first kappa shape index (κ1) is 23.3. The SMILES string of the molecule is O=C1c2cc(Cl)c(C(F)(F)F)cc2N2CN1c1ccc(=O)[nH]c1CCNCc1c2ccc(F)c1F. The van der Waals surface area contributed by atoms with Gasteiger partial charge < -0.3 is 15.2 Å². The number of benzene rings is 2. The molecule has 0 atom stereocenters. The number of amides is 1. The van der Waals surface area contributed by atoms with Crippen molar-refractivity contribution in [2.75, 3.05) is 23.0 Å². The number of aromatic amines is 1. The largest absolute Gasteiger partial charge is 0.417 e. The Balaban J connectivity index is 1.81. The number of hydrogen-bond donors (Lipinski definition) is 2. The van der Waals surface area contributed by atoms with Gasteiger partial charge >= 0.3 is 6.18 Å². The van der Waals surface area contributed by atoms with E-state index < -0.39 is 39.9 Å². The van der Waals surface area contributed by atoms with Crippen LogP contribution in [0.1, 0.15) is 27.2 Å². The number of H-pyrrole nitrogens is 1. The molecule has 6 nitrogen and oxygen atoms in total. The van der Waals surface area contributed by atoms with E-state index in [9.17, 15) is 31.5 Å². The van der Waals surface area contributed by atoms with Gasteiger partial charge in [0.05, 0.1) is 33.2 Å². The van der Waals surface area contributed by atoms with Crippen LogP contribution in [0.2, 0.25) is 5.02 Å². The molecule has 2 bridgehead atoms. The van der Waals surface area contributed by atoms with Gasteiger partial charge in [-0.1, -0.05) is 11.6 Å². The first-order chi connectivity index (χ1) is 16.6. The van der Waals surface area contributed by atoms with Gasteiger partial charge in [0.15, 0.2) is 11.6 Å². The molecule has 3 aromatic rings. The van der Waals surface area contributed by atoms with Gasteiger partial charge in [0.2, 0.25) is 5.56 Å². The van der Waals surface area contributed by atoms with Crippen molar-refractivity contribution in [3.63, 3.8) is 0 Å². The minimum absolute atomic E-state index is 0.0819. The second-order valence-corrected chi connectivity index (χ2v) is 8.53. The smallest absolute Gasteiger partial charge is 0.324 e. The van der Waals surface area contributed by atoms with Gasteiger partial charge in [-0.2, -0.15) is 13.2 Å². The highest BCUT2D eigenvalue weighted by atomic mass is 35.5. The van der Waals surface area contributed by atoms with E-state index in [0.717, 1.165) is 18.2 Å². The van der Waals surface area contributed by atoms with E-state index in [-0.39, 0.29) is 48.7 Å². The fourth-order valence-electron chi connectivity index (χ4n) is 4.38. The summed E-state index contributed by atoms with van der Waals surface area (Å²) in [7, 11) is 0. The van der Waals surface area contributed by atoms with Gasteiger partial charge in [0.1, 0.15) is 6.67 Å². The summed E-state index contributed by atoms with van der Waals surface area (Å²) in [4.78, 5) is 30.7. The number of pyridine rings is 1. The van der Waals surface area contributed by atoms with Crippen molar-refractivity contribution in [2.24, 2.45) is 0 Å². The van der Waals surface area contributed by atoms with Crippen molar-refractivity contribution in [1.82, 2.24) is 10.3 Å². The number of anilines is 3. The van der Waals surface area contributed by atoms with Crippen molar-refractivity contribution in [3.05, 3.63) is 85.8 Å². The molecule has 35 heavy (non-hydrogen) atoms. The Hall–Kier alpha value is -3.44. The fraction of sp³-hybridized carbons (Fsp3) is 0.217. The van der Waals surface area contributed by atoms with E-state index in [0.29, 0.717) is 11.4 Å². The lowest BCUT2D eigenvalue weighted by atomic mass is 10.0. The quantitative estimate of drug-likeness (QED) is 0.429. The summed E-state index contributed by atoms with van der Waals surface area (Å²) in [5.41, 5.74) is -1.19. The highest BCUT2D eigenvalue weighted by Crippen LogP contribution is 2.44. The molecular formula is C23H16ClF5N4O2. The molecule has 5 rings (SSSR count). The molecule has 0 saturated heterocycles. The van der Waals surface area contributed by atoms with Crippen LogP contribution in [0.5, 0.6) is 0 Å². The van der Waals surface area contributed by atoms with Gasteiger partial charge in [-0.25, -0.2) is 8.78 Å². The molecule has 182 valence electrons. The summed E-state index contributed by atoms with van der Waals surface area (Å²) >= 11 is 5.92.